The standard InChI is InChI=1S/C22H26ClF2N3O3/c1-30-21-12-19(26)17(23)11-16(21)22(29)27-20-7-9-28(13-18(20)25)8-2-10-31-15-5-3-14(24)4-6-15/h3-6,11-12,18,20H,2,7-10,13,26H2,1H3,(H,27,29)/t18-,20+/m0/s1. The van der Waals surface area contributed by atoms with Gasteiger partial charge >= 0.3 is 0 Å². The van der Waals surface area contributed by atoms with Crippen LogP contribution in [0.3, 0.4) is 0 Å². The van der Waals surface area contributed by atoms with Crippen LogP contribution in [-0.4, -0.2) is 56.4 Å². The van der Waals surface area contributed by atoms with Crippen molar-refractivity contribution in [3.05, 3.63) is 52.8 Å². The Labute approximate surface area is 185 Å². The first kappa shape index (κ1) is 23.1. The second-order valence-electron chi connectivity index (χ2n) is 7.42. The number of piperidine rings is 1. The molecule has 6 nitrogen and oxygen atoms in total. The summed E-state index contributed by atoms with van der Waals surface area (Å²) in [6, 6.07) is 8.14. The van der Waals surface area contributed by atoms with Crippen LogP contribution in [0.25, 0.3) is 0 Å². The molecule has 1 saturated heterocycles. The lowest BCUT2D eigenvalue weighted by Crippen LogP contribution is -2.52. The number of amides is 1. The average molecular weight is 454 g/mol. The minimum atomic E-state index is -1.20. The number of halogens is 3. The molecule has 168 valence electrons. The van der Waals surface area contributed by atoms with Crippen molar-refractivity contribution >= 4 is 23.2 Å². The van der Waals surface area contributed by atoms with Crippen molar-refractivity contribution in [3.63, 3.8) is 0 Å². The third-order valence-electron chi connectivity index (χ3n) is 5.21. The highest BCUT2D eigenvalue weighted by Crippen LogP contribution is 2.29. The lowest BCUT2D eigenvalue weighted by molar-refractivity contribution is 0.0764. The minimum Gasteiger partial charge on any atom is -0.496 e. The monoisotopic (exact) mass is 453 g/mol. The largest absolute Gasteiger partial charge is 0.496 e. The van der Waals surface area contributed by atoms with Crippen molar-refractivity contribution in [2.45, 2.75) is 25.1 Å². The molecular weight excluding hydrogens is 428 g/mol. The Balaban J connectivity index is 1.45. The molecule has 2 aromatic carbocycles. The Morgan fingerprint density at radius 2 is 2.06 bits per heavy atom. The normalized spacial score (nSPS) is 19.1. The van der Waals surface area contributed by atoms with Gasteiger partial charge in [0.1, 0.15) is 23.5 Å². The van der Waals surface area contributed by atoms with Gasteiger partial charge < -0.3 is 25.4 Å². The van der Waals surface area contributed by atoms with Crippen molar-refractivity contribution in [1.29, 1.82) is 0 Å². The molecule has 0 unspecified atom stereocenters. The van der Waals surface area contributed by atoms with Crippen LogP contribution in [0.2, 0.25) is 5.02 Å². The molecule has 0 saturated carbocycles. The fourth-order valence-corrected chi connectivity index (χ4v) is 3.67. The van der Waals surface area contributed by atoms with Crippen molar-refractivity contribution in [2.75, 3.05) is 39.1 Å². The summed E-state index contributed by atoms with van der Waals surface area (Å²) in [5, 5.41) is 2.98. The van der Waals surface area contributed by atoms with E-state index in [1.807, 2.05) is 4.90 Å². The van der Waals surface area contributed by atoms with Crippen LogP contribution >= 0.6 is 11.6 Å². The van der Waals surface area contributed by atoms with Crippen molar-refractivity contribution in [2.24, 2.45) is 0 Å². The van der Waals surface area contributed by atoms with Gasteiger partial charge in [0.2, 0.25) is 0 Å². The summed E-state index contributed by atoms with van der Waals surface area (Å²) in [4.78, 5) is 14.6. The molecule has 0 spiro atoms. The van der Waals surface area contributed by atoms with E-state index in [0.29, 0.717) is 44.0 Å². The molecule has 0 aliphatic carbocycles. The number of carbonyl (C=O) groups excluding carboxylic acids is 1. The van der Waals surface area contributed by atoms with Gasteiger partial charge in [0, 0.05) is 25.7 Å². The summed E-state index contributed by atoms with van der Waals surface area (Å²) in [6.07, 6.45) is -0.00935. The SMILES string of the molecule is COc1cc(N)c(Cl)cc1C(=O)N[C@@H]1CCN(CCCOc2ccc(F)cc2)C[C@@H]1F. The van der Waals surface area contributed by atoms with Gasteiger partial charge in [-0.1, -0.05) is 11.6 Å². The number of benzene rings is 2. The molecule has 2 atom stereocenters. The zero-order valence-corrected chi connectivity index (χ0v) is 18.0. The molecule has 9 heteroatoms. The van der Waals surface area contributed by atoms with Gasteiger partial charge in [0.25, 0.3) is 5.91 Å². The number of likely N-dealkylation sites (tertiary alicyclic amines) is 1. The Morgan fingerprint density at radius 3 is 2.74 bits per heavy atom. The van der Waals surface area contributed by atoms with Crippen LogP contribution in [-0.2, 0) is 0 Å². The van der Waals surface area contributed by atoms with E-state index >= 15 is 0 Å². The molecule has 0 radical (unpaired) electrons. The van der Waals surface area contributed by atoms with Gasteiger partial charge in [0.15, 0.2) is 0 Å². The van der Waals surface area contributed by atoms with E-state index in [0.717, 1.165) is 0 Å². The molecule has 1 aliphatic rings. The van der Waals surface area contributed by atoms with E-state index in [9.17, 15) is 13.6 Å². The topological polar surface area (TPSA) is 76.8 Å². The molecule has 3 rings (SSSR count). The lowest BCUT2D eigenvalue weighted by atomic mass is 10.0. The summed E-state index contributed by atoms with van der Waals surface area (Å²) in [5.41, 5.74) is 6.26. The number of anilines is 1. The summed E-state index contributed by atoms with van der Waals surface area (Å²) in [5.74, 6) is 0.125. The molecule has 1 fully saturated rings. The lowest BCUT2D eigenvalue weighted by Gasteiger charge is -2.35. The van der Waals surface area contributed by atoms with E-state index in [2.05, 4.69) is 5.32 Å². The number of nitrogens with two attached hydrogens (primary N) is 1. The first-order chi connectivity index (χ1) is 14.9. The number of carbonyl (C=O) groups is 1. The zero-order valence-electron chi connectivity index (χ0n) is 17.2. The van der Waals surface area contributed by atoms with E-state index in [1.165, 1.54) is 31.4 Å². The highest BCUT2D eigenvalue weighted by Gasteiger charge is 2.31. The maximum Gasteiger partial charge on any atom is 0.255 e. The second-order valence-corrected chi connectivity index (χ2v) is 7.82. The predicted molar refractivity (Wildman–Crippen MR) is 116 cm³/mol. The summed E-state index contributed by atoms with van der Waals surface area (Å²) < 4.78 is 38.4. The van der Waals surface area contributed by atoms with E-state index in [4.69, 9.17) is 26.8 Å². The van der Waals surface area contributed by atoms with Crippen LogP contribution in [0.15, 0.2) is 36.4 Å². The van der Waals surface area contributed by atoms with Gasteiger partial charge in [-0.3, -0.25) is 4.79 Å². The molecule has 3 N–H and O–H groups in total. The van der Waals surface area contributed by atoms with Crippen LogP contribution in [0.1, 0.15) is 23.2 Å². The van der Waals surface area contributed by atoms with E-state index in [-0.39, 0.29) is 28.7 Å². The molecule has 0 aromatic heterocycles. The molecule has 31 heavy (non-hydrogen) atoms. The number of nitrogens with zero attached hydrogens (tertiary/aromatic N) is 1. The van der Waals surface area contributed by atoms with Gasteiger partial charge in [-0.2, -0.15) is 0 Å². The van der Waals surface area contributed by atoms with E-state index in [1.54, 1.807) is 12.1 Å². The van der Waals surface area contributed by atoms with Gasteiger partial charge in [0.05, 0.1) is 36.0 Å². The molecule has 1 heterocycles. The fraction of sp³-hybridized carbons (Fsp3) is 0.409. The maximum absolute atomic E-state index is 14.7. The molecule has 1 aliphatic heterocycles. The van der Waals surface area contributed by atoms with Crippen LogP contribution in [0.5, 0.6) is 11.5 Å². The van der Waals surface area contributed by atoms with E-state index < -0.39 is 18.1 Å². The Kier molecular flexibility index (Phi) is 7.92. The highest BCUT2D eigenvalue weighted by molar-refractivity contribution is 6.33. The Bertz CT molecular complexity index is 898. The van der Waals surface area contributed by atoms with Gasteiger partial charge in [-0.15, -0.1) is 0 Å². The Morgan fingerprint density at radius 1 is 1.32 bits per heavy atom. The van der Waals surface area contributed by atoms with Crippen molar-refractivity contribution < 1.29 is 23.0 Å². The summed E-state index contributed by atoms with van der Waals surface area (Å²) >= 11 is 6.02. The summed E-state index contributed by atoms with van der Waals surface area (Å²) in [6.45, 7) is 2.00. The number of ether oxygens (including phenoxy) is 2. The van der Waals surface area contributed by atoms with Crippen LogP contribution in [0, 0.1) is 5.82 Å². The maximum atomic E-state index is 14.7. The number of rotatable bonds is 8. The number of nitrogens with one attached hydrogen (secondary N) is 1. The molecule has 0 bridgehead atoms. The van der Waals surface area contributed by atoms with Crippen LogP contribution < -0.4 is 20.5 Å². The first-order valence-electron chi connectivity index (χ1n) is 10.1. The molecular formula is C22H26ClF2N3O3. The van der Waals surface area contributed by atoms with Gasteiger partial charge in [-0.25, -0.2) is 8.78 Å². The third kappa shape index (κ3) is 6.21. The number of nitrogen functional groups attached to an aromatic ring is 1. The molecule has 1 amide bonds. The Hall–Kier alpha value is -2.58. The number of methoxy groups -OCH3 is 1. The summed E-state index contributed by atoms with van der Waals surface area (Å²) in [7, 11) is 1.43. The van der Waals surface area contributed by atoms with Crippen molar-refractivity contribution in [1.82, 2.24) is 10.2 Å². The highest BCUT2D eigenvalue weighted by atomic mass is 35.5. The van der Waals surface area contributed by atoms with Gasteiger partial charge in [-0.05, 0) is 43.2 Å². The van der Waals surface area contributed by atoms with Crippen molar-refractivity contribution in [3.8, 4) is 11.5 Å². The average Bonchev–Trinajstić information content (AvgIpc) is 2.75. The quantitative estimate of drug-likeness (QED) is 0.471. The van der Waals surface area contributed by atoms with Crippen LogP contribution in [0.4, 0.5) is 14.5 Å². The third-order valence-corrected chi connectivity index (χ3v) is 5.53. The number of alkyl halides is 1. The first-order valence-corrected chi connectivity index (χ1v) is 10.4. The fourth-order valence-electron chi connectivity index (χ4n) is 3.50. The minimum absolute atomic E-state index is 0.217. The smallest absolute Gasteiger partial charge is 0.255 e. The number of hydrogen-bond acceptors (Lipinski definition) is 5. The molecule has 2 aromatic rings. The zero-order chi connectivity index (χ0) is 22.4. The number of hydrogen-bond donors (Lipinski definition) is 2. The second kappa shape index (κ2) is 10.6. The predicted octanol–water partition coefficient (Wildman–Crippen LogP) is 3.68.